The molecule has 0 aliphatic carbocycles. The van der Waals surface area contributed by atoms with Crippen molar-refractivity contribution in [3.63, 3.8) is 0 Å². The predicted octanol–water partition coefficient (Wildman–Crippen LogP) is 5.02. The van der Waals surface area contributed by atoms with Gasteiger partial charge in [0, 0.05) is 37.4 Å². The van der Waals surface area contributed by atoms with Crippen molar-refractivity contribution in [1.29, 1.82) is 0 Å². The maximum absolute atomic E-state index is 13.4. The van der Waals surface area contributed by atoms with Crippen LogP contribution in [0.2, 0.25) is 0 Å². The number of hydrogen-bond donors (Lipinski definition) is 0. The van der Waals surface area contributed by atoms with E-state index < -0.39 is 0 Å². The maximum atomic E-state index is 13.4. The van der Waals surface area contributed by atoms with Crippen molar-refractivity contribution in [2.45, 2.75) is 13.8 Å². The maximum Gasteiger partial charge on any atom is 0.283 e. The van der Waals surface area contributed by atoms with Gasteiger partial charge in [0.2, 0.25) is 5.91 Å². The van der Waals surface area contributed by atoms with Crippen LogP contribution < -0.4 is 9.80 Å². The number of piperazine rings is 1. The van der Waals surface area contributed by atoms with Crippen LogP contribution in [0.25, 0.3) is 6.08 Å². The number of aryl methyl sites for hydroxylation is 1. The van der Waals surface area contributed by atoms with Crippen LogP contribution in [0.15, 0.2) is 89.6 Å². The van der Waals surface area contributed by atoms with Gasteiger partial charge in [0.25, 0.3) is 5.91 Å². The van der Waals surface area contributed by atoms with Gasteiger partial charge in [-0.15, -0.1) is 0 Å². The van der Waals surface area contributed by atoms with E-state index in [0.29, 0.717) is 29.5 Å². The molecule has 1 saturated heterocycles. The quantitative estimate of drug-likeness (QED) is 0.325. The molecule has 198 valence electrons. The van der Waals surface area contributed by atoms with E-state index in [1.165, 1.54) is 11.8 Å². The lowest BCUT2D eigenvalue weighted by Gasteiger charge is -2.36. The van der Waals surface area contributed by atoms with Crippen LogP contribution in [0.3, 0.4) is 0 Å². The monoisotopic (exact) mass is 538 g/mol. The fourth-order valence-electron chi connectivity index (χ4n) is 4.56. The smallest absolute Gasteiger partial charge is 0.283 e. The molecule has 2 aliphatic heterocycles. The third-order valence-corrected chi connectivity index (χ3v) is 7.74. The second-order valence-corrected chi connectivity index (χ2v) is 10.5. The molecule has 0 radical (unpaired) electrons. The first kappa shape index (κ1) is 26.4. The Kier molecular flexibility index (Phi) is 7.93. The number of Topliss-reactive ketones (excluding diaryl/α,β-unsaturated/α-hetero) is 1. The average molecular weight is 539 g/mol. The number of thioether (sulfide) groups is 1. The number of carbonyl (C=O) groups is 3. The number of para-hydroxylation sites is 1. The lowest BCUT2D eigenvalue weighted by molar-refractivity contribution is -0.128. The van der Waals surface area contributed by atoms with Gasteiger partial charge in [-0.25, -0.2) is 4.99 Å². The second-order valence-electron chi connectivity index (χ2n) is 9.57. The Bertz CT molecular complexity index is 1420. The SMILES string of the molecule is CC(=O)c1ccc(N2CCN(C(=O)CSC3=NC(=Cc4ccc(C)cc4)C(=O)N3c3ccccc3)CC2)cc1. The largest absolute Gasteiger partial charge is 0.368 e. The number of amidine groups is 1. The Morgan fingerprint density at radius 2 is 1.54 bits per heavy atom. The molecule has 2 heterocycles. The van der Waals surface area contributed by atoms with Crippen LogP contribution in [0.1, 0.15) is 28.4 Å². The van der Waals surface area contributed by atoms with Crippen LogP contribution >= 0.6 is 11.8 Å². The number of anilines is 2. The van der Waals surface area contributed by atoms with Gasteiger partial charge in [-0.05, 0) is 61.9 Å². The summed E-state index contributed by atoms with van der Waals surface area (Å²) < 4.78 is 0. The molecule has 0 saturated carbocycles. The Balaban J connectivity index is 1.25. The van der Waals surface area contributed by atoms with Crippen molar-refractivity contribution < 1.29 is 14.4 Å². The zero-order valence-electron chi connectivity index (χ0n) is 22.0. The van der Waals surface area contributed by atoms with Gasteiger partial charge in [-0.2, -0.15) is 0 Å². The molecule has 8 heteroatoms. The molecule has 0 unspecified atom stereocenters. The highest BCUT2D eigenvalue weighted by atomic mass is 32.2. The summed E-state index contributed by atoms with van der Waals surface area (Å²) in [6.45, 7) is 6.24. The topological polar surface area (TPSA) is 73.3 Å². The summed E-state index contributed by atoms with van der Waals surface area (Å²) in [7, 11) is 0. The van der Waals surface area contributed by atoms with Gasteiger partial charge in [-0.1, -0.05) is 59.8 Å². The molecule has 0 atom stereocenters. The van der Waals surface area contributed by atoms with Gasteiger partial charge in [0.05, 0.1) is 11.4 Å². The van der Waals surface area contributed by atoms with E-state index in [-0.39, 0.29) is 23.4 Å². The molecule has 3 aromatic rings. The molecule has 0 aromatic heterocycles. The van der Waals surface area contributed by atoms with Gasteiger partial charge in [0.15, 0.2) is 11.0 Å². The lowest BCUT2D eigenvalue weighted by Crippen LogP contribution is -2.49. The molecule has 0 bridgehead atoms. The first-order valence-electron chi connectivity index (χ1n) is 12.9. The fraction of sp³-hybridized carbons (Fsp3) is 0.226. The van der Waals surface area contributed by atoms with Crippen LogP contribution in [0.4, 0.5) is 11.4 Å². The number of rotatable bonds is 6. The molecule has 7 nitrogen and oxygen atoms in total. The molecule has 0 spiro atoms. The third kappa shape index (κ3) is 6.12. The van der Waals surface area contributed by atoms with Crippen LogP contribution in [0.5, 0.6) is 0 Å². The highest BCUT2D eigenvalue weighted by Crippen LogP contribution is 2.29. The minimum atomic E-state index is -0.207. The van der Waals surface area contributed by atoms with Gasteiger partial charge < -0.3 is 9.80 Å². The van der Waals surface area contributed by atoms with E-state index in [1.54, 1.807) is 17.9 Å². The van der Waals surface area contributed by atoms with Crippen molar-refractivity contribution in [3.05, 3.63) is 101 Å². The summed E-state index contributed by atoms with van der Waals surface area (Å²) in [5, 5.41) is 0.502. The van der Waals surface area contributed by atoms with Crippen LogP contribution in [-0.2, 0) is 9.59 Å². The Morgan fingerprint density at radius 3 is 2.18 bits per heavy atom. The fourth-order valence-corrected chi connectivity index (χ4v) is 5.47. The lowest BCUT2D eigenvalue weighted by atomic mass is 10.1. The molecule has 2 amide bonds. The summed E-state index contributed by atoms with van der Waals surface area (Å²) in [6.07, 6.45) is 1.79. The number of hydrogen-bond acceptors (Lipinski definition) is 6. The summed E-state index contributed by atoms with van der Waals surface area (Å²) in [5.41, 5.74) is 4.86. The van der Waals surface area contributed by atoms with Crippen molar-refractivity contribution in [3.8, 4) is 0 Å². The molecule has 5 rings (SSSR count). The molecule has 39 heavy (non-hydrogen) atoms. The van der Waals surface area contributed by atoms with Crippen molar-refractivity contribution >= 4 is 52.0 Å². The normalized spacial score (nSPS) is 16.6. The van der Waals surface area contributed by atoms with E-state index in [0.717, 1.165) is 35.6 Å². The first-order valence-corrected chi connectivity index (χ1v) is 13.9. The number of benzene rings is 3. The molecule has 1 fully saturated rings. The van der Waals surface area contributed by atoms with Gasteiger partial charge >= 0.3 is 0 Å². The van der Waals surface area contributed by atoms with E-state index >= 15 is 0 Å². The Morgan fingerprint density at radius 1 is 0.872 bits per heavy atom. The van der Waals surface area contributed by atoms with E-state index in [1.807, 2.05) is 90.7 Å². The summed E-state index contributed by atoms with van der Waals surface area (Å²) in [5.74, 6) is 0.0547. The zero-order chi connectivity index (χ0) is 27.4. The van der Waals surface area contributed by atoms with Crippen LogP contribution in [-0.4, -0.2) is 59.6 Å². The summed E-state index contributed by atoms with van der Waals surface area (Å²) >= 11 is 1.29. The highest BCUT2D eigenvalue weighted by molar-refractivity contribution is 8.14. The third-order valence-electron chi connectivity index (χ3n) is 6.82. The van der Waals surface area contributed by atoms with Crippen LogP contribution in [0, 0.1) is 6.92 Å². The molecular formula is C31H30N4O3S. The predicted molar refractivity (Wildman–Crippen MR) is 158 cm³/mol. The van der Waals surface area contributed by atoms with Crippen molar-refractivity contribution in [1.82, 2.24) is 4.90 Å². The minimum Gasteiger partial charge on any atom is -0.368 e. The number of amides is 2. The van der Waals surface area contributed by atoms with E-state index in [4.69, 9.17) is 0 Å². The highest BCUT2D eigenvalue weighted by Gasteiger charge is 2.33. The molecular weight excluding hydrogens is 508 g/mol. The average Bonchev–Trinajstić information content (AvgIpc) is 3.27. The van der Waals surface area contributed by atoms with Crippen molar-refractivity contribution in [2.75, 3.05) is 41.7 Å². The number of aliphatic imine (C=N–C) groups is 1. The number of nitrogens with zero attached hydrogens (tertiary/aromatic N) is 4. The molecule has 0 N–H and O–H groups in total. The molecule has 2 aliphatic rings. The standard InChI is InChI=1S/C31H30N4O3S/c1-22-8-10-24(11-9-22)20-28-30(38)35(27-6-4-3-5-7-27)31(32-28)39-21-29(37)34-18-16-33(17-19-34)26-14-12-25(13-15-26)23(2)36/h3-15,20H,16-19,21H2,1-2H3. The Labute approximate surface area is 232 Å². The van der Waals surface area contributed by atoms with Gasteiger partial charge in [0.1, 0.15) is 5.70 Å². The molecule has 3 aromatic carbocycles. The zero-order valence-corrected chi connectivity index (χ0v) is 22.9. The van der Waals surface area contributed by atoms with E-state index in [2.05, 4.69) is 9.89 Å². The van der Waals surface area contributed by atoms with E-state index in [9.17, 15) is 14.4 Å². The number of carbonyl (C=O) groups excluding carboxylic acids is 3. The first-order chi connectivity index (χ1) is 18.9. The number of ketones is 1. The minimum absolute atomic E-state index is 0.0192. The van der Waals surface area contributed by atoms with Gasteiger partial charge in [-0.3, -0.25) is 19.3 Å². The van der Waals surface area contributed by atoms with Crippen molar-refractivity contribution in [2.24, 2.45) is 4.99 Å². The summed E-state index contributed by atoms with van der Waals surface area (Å²) in [6, 6.07) is 24.9. The Hall–Kier alpha value is -4.17. The second kappa shape index (κ2) is 11.7. The summed E-state index contributed by atoms with van der Waals surface area (Å²) in [4.78, 5) is 48.4.